The molecule has 1 aliphatic rings. The highest BCUT2D eigenvalue weighted by atomic mass is 35.5. The van der Waals surface area contributed by atoms with Crippen LogP contribution in [-0.4, -0.2) is 31.2 Å². The van der Waals surface area contributed by atoms with Gasteiger partial charge in [0.15, 0.2) is 0 Å². The smallest absolute Gasteiger partial charge is 0.224 e. The van der Waals surface area contributed by atoms with Crippen molar-refractivity contribution in [2.24, 2.45) is 11.7 Å². The first-order valence-corrected chi connectivity index (χ1v) is 7.26. The normalized spacial score (nSPS) is 19.3. The summed E-state index contributed by atoms with van der Waals surface area (Å²) in [4.78, 5) is 11.6. The maximum absolute atomic E-state index is 11.6. The molecule has 1 amide bonds. The number of ether oxygens (including phenoxy) is 1. The van der Waals surface area contributed by atoms with Crippen LogP contribution in [0.2, 0.25) is 0 Å². The summed E-state index contributed by atoms with van der Waals surface area (Å²) in [5, 5.41) is 2.90. The molecule has 1 fully saturated rings. The van der Waals surface area contributed by atoms with Crippen molar-refractivity contribution in [1.29, 1.82) is 0 Å². The largest absolute Gasteiger partial charge is 0.378 e. The molecule has 2 unspecified atom stereocenters. The van der Waals surface area contributed by atoms with Crippen molar-refractivity contribution in [2.75, 3.05) is 13.2 Å². The zero-order valence-electron chi connectivity index (χ0n) is 12.2. The molecule has 2 atom stereocenters. The topological polar surface area (TPSA) is 64.4 Å². The molecule has 3 N–H and O–H groups in total. The minimum absolute atomic E-state index is 0. The van der Waals surface area contributed by atoms with E-state index < -0.39 is 0 Å². The van der Waals surface area contributed by atoms with E-state index in [0.29, 0.717) is 12.6 Å². The minimum Gasteiger partial charge on any atom is -0.378 e. The summed E-state index contributed by atoms with van der Waals surface area (Å²) in [7, 11) is 0. The second kappa shape index (κ2) is 10.5. The molecule has 4 nitrogen and oxygen atoms in total. The molecule has 0 aromatic heterocycles. The Balaban J connectivity index is 0.00000324. The zero-order valence-corrected chi connectivity index (χ0v) is 13.0. The molecular weight excluding hydrogens is 264 g/mol. The van der Waals surface area contributed by atoms with Crippen molar-refractivity contribution < 1.29 is 9.53 Å². The molecule has 1 aliphatic carbocycles. The lowest BCUT2D eigenvalue weighted by Crippen LogP contribution is -2.39. The van der Waals surface area contributed by atoms with E-state index in [1.165, 1.54) is 32.1 Å². The Kier molecular flexibility index (Phi) is 10.3. The maximum atomic E-state index is 11.6. The quantitative estimate of drug-likeness (QED) is 0.707. The van der Waals surface area contributed by atoms with Gasteiger partial charge in [-0.05, 0) is 26.2 Å². The van der Waals surface area contributed by atoms with Gasteiger partial charge in [-0.3, -0.25) is 4.79 Å². The lowest BCUT2D eigenvalue weighted by atomic mass is 9.98. The summed E-state index contributed by atoms with van der Waals surface area (Å²) in [5.41, 5.74) is 5.68. The molecule has 0 aliphatic heterocycles. The van der Waals surface area contributed by atoms with Crippen molar-refractivity contribution in [1.82, 2.24) is 5.32 Å². The highest BCUT2D eigenvalue weighted by Gasteiger charge is 2.16. The molecule has 1 rings (SSSR count). The summed E-state index contributed by atoms with van der Waals surface area (Å²) < 4.78 is 5.80. The van der Waals surface area contributed by atoms with Gasteiger partial charge in [-0.25, -0.2) is 0 Å². The van der Waals surface area contributed by atoms with E-state index in [4.69, 9.17) is 10.5 Å². The van der Waals surface area contributed by atoms with Gasteiger partial charge in [0.1, 0.15) is 0 Å². The number of halogens is 1. The number of carbonyl (C=O) groups excluding carboxylic acids is 1. The number of hydrogen-bond donors (Lipinski definition) is 2. The third-order valence-corrected chi connectivity index (χ3v) is 3.73. The van der Waals surface area contributed by atoms with Crippen LogP contribution in [0.3, 0.4) is 0 Å². The monoisotopic (exact) mass is 292 g/mol. The van der Waals surface area contributed by atoms with Crippen LogP contribution in [0.5, 0.6) is 0 Å². The van der Waals surface area contributed by atoms with Gasteiger partial charge in [0.25, 0.3) is 0 Å². The van der Waals surface area contributed by atoms with Crippen LogP contribution >= 0.6 is 12.4 Å². The second-order valence-electron chi connectivity index (χ2n) is 5.42. The molecule has 5 heteroatoms. The molecule has 0 radical (unpaired) electrons. The first-order valence-electron chi connectivity index (χ1n) is 7.26. The van der Waals surface area contributed by atoms with Crippen LogP contribution in [0, 0.1) is 5.92 Å². The first-order chi connectivity index (χ1) is 8.61. The van der Waals surface area contributed by atoms with Gasteiger partial charge >= 0.3 is 0 Å². The van der Waals surface area contributed by atoms with Crippen LogP contribution in [-0.2, 0) is 9.53 Å². The summed E-state index contributed by atoms with van der Waals surface area (Å²) in [6, 6.07) is -0.0940. The number of nitrogens with two attached hydrogens (primary N) is 1. The average Bonchev–Trinajstić information content (AvgIpc) is 2.38. The molecule has 0 aromatic carbocycles. The van der Waals surface area contributed by atoms with E-state index in [1.54, 1.807) is 0 Å². The predicted molar refractivity (Wildman–Crippen MR) is 80.5 cm³/mol. The molecule has 0 bridgehead atoms. The molecular formula is C14H29ClN2O2. The van der Waals surface area contributed by atoms with E-state index >= 15 is 0 Å². The number of amides is 1. The number of carbonyl (C=O) groups is 1. The number of rotatable bonds is 7. The second-order valence-corrected chi connectivity index (χ2v) is 5.42. The maximum Gasteiger partial charge on any atom is 0.224 e. The fourth-order valence-corrected chi connectivity index (χ4v) is 2.17. The fraction of sp³-hybridized carbons (Fsp3) is 0.929. The average molecular weight is 293 g/mol. The van der Waals surface area contributed by atoms with Gasteiger partial charge in [-0.1, -0.05) is 26.2 Å². The Morgan fingerprint density at radius 1 is 1.32 bits per heavy atom. The number of nitrogens with one attached hydrogen (secondary N) is 1. The van der Waals surface area contributed by atoms with Crippen LogP contribution in [0.4, 0.5) is 0 Å². The summed E-state index contributed by atoms with van der Waals surface area (Å²) in [6.45, 7) is 5.15. The van der Waals surface area contributed by atoms with Crippen LogP contribution in [0.25, 0.3) is 0 Å². The molecule has 1 saturated carbocycles. The standard InChI is InChI=1S/C14H28N2O2.ClH/c1-11(12(2)15)14(17)16-9-6-10-18-13-7-4-3-5-8-13;/h11-13H,3-10,15H2,1-2H3,(H,16,17);1H. The Morgan fingerprint density at radius 3 is 2.53 bits per heavy atom. The SMILES string of the molecule is CC(N)C(C)C(=O)NCCCOC1CCCCC1.Cl. The predicted octanol–water partition coefficient (Wildman–Crippen LogP) is 2.25. The molecule has 0 aromatic rings. The highest BCUT2D eigenvalue weighted by molar-refractivity contribution is 5.85. The van der Waals surface area contributed by atoms with E-state index in [9.17, 15) is 4.79 Å². The molecule has 0 heterocycles. The Hall–Kier alpha value is -0.320. The van der Waals surface area contributed by atoms with Crippen molar-refractivity contribution in [3.05, 3.63) is 0 Å². The summed E-state index contributed by atoms with van der Waals surface area (Å²) in [6.07, 6.45) is 7.69. The molecule has 19 heavy (non-hydrogen) atoms. The zero-order chi connectivity index (χ0) is 13.4. The summed E-state index contributed by atoms with van der Waals surface area (Å²) in [5.74, 6) is -0.0769. The van der Waals surface area contributed by atoms with E-state index in [1.807, 2.05) is 13.8 Å². The van der Waals surface area contributed by atoms with Gasteiger partial charge in [0.2, 0.25) is 5.91 Å². The van der Waals surface area contributed by atoms with E-state index in [-0.39, 0.29) is 30.3 Å². The summed E-state index contributed by atoms with van der Waals surface area (Å²) >= 11 is 0. The number of hydrogen-bond acceptors (Lipinski definition) is 3. The molecule has 0 saturated heterocycles. The van der Waals surface area contributed by atoms with Crippen molar-refractivity contribution in [2.45, 2.75) is 64.5 Å². The van der Waals surface area contributed by atoms with Crippen molar-refractivity contribution >= 4 is 18.3 Å². The highest BCUT2D eigenvalue weighted by Crippen LogP contribution is 2.20. The lowest BCUT2D eigenvalue weighted by Gasteiger charge is -2.22. The Labute approximate surface area is 123 Å². The van der Waals surface area contributed by atoms with Crippen molar-refractivity contribution in [3.8, 4) is 0 Å². The third kappa shape index (κ3) is 7.75. The third-order valence-electron chi connectivity index (χ3n) is 3.73. The van der Waals surface area contributed by atoms with Gasteiger partial charge in [0.05, 0.1) is 6.10 Å². The Morgan fingerprint density at radius 2 is 1.95 bits per heavy atom. The minimum atomic E-state index is -0.121. The molecule has 0 spiro atoms. The van der Waals surface area contributed by atoms with Gasteiger partial charge < -0.3 is 15.8 Å². The van der Waals surface area contributed by atoms with Crippen molar-refractivity contribution in [3.63, 3.8) is 0 Å². The lowest BCUT2D eigenvalue weighted by molar-refractivity contribution is -0.125. The fourth-order valence-electron chi connectivity index (χ4n) is 2.17. The van der Waals surface area contributed by atoms with Gasteiger partial charge in [-0.15, -0.1) is 12.4 Å². The van der Waals surface area contributed by atoms with Gasteiger partial charge in [0, 0.05) is 25.1 Å². The van der Waals surface area contributed by atoms with E-state index in [0.717, 1.165) is 13.0 Å². The molecule has 114 valence electrons. The first kappa shape index (κ1) is 18.7. The van der Waals surface area contributed by atoms with Crippen LogP contribution < -0.4 is 11.1 Å². The van der Waals surface area contributed by atoms with Crippen LogP contribution in [0.1, 0.15) is 52.4 Å². The van der Waals surface area contributed by atoms with E-state index in [2.05, 4.69) is 5.32 Å². The van der Waals surface area contributed by atoms with Gasteiger partial charge in [-0.2, -0.15) is 0 Å². The van der Waals surface area contributed by atoms with Crippen LogP contribution in [0.15, 0.2) is 0 Å². The Bertz CT molecular complexity index is 244.